The monoisotopic (exact) mass is 382 g/mol. The fourth-order valence-corrected chi connectivity index (χ4v) is 4.38. The van der Waals surface area contributed by atoms with Crippen LogP contribution in [0.25, 0.3) is 0 Å². The van der Waals surface area contributed by atoms with Crippen molar-refractivity contribution in [3.05, 3.63) is 23.7 Å². The molecule has 0 aromatic carbocycles. The van der Waals surface area contributed by atoms with E-state index in [4.69, 9.17) is 13.9 Å². The van der Waals surface area contributed by atoms with E-state index in [0.29, 0.717) is 18.7 Å². The summed E-state index contributed by atoms with van der Waals surface area (Å²) in [5.41, 5.74) is 0. The predicted molar refractivity (Wildman–Crippen MR) is 97.6 cm³/mol. The smallest absolute Gasteiger partial charge is 0.303 e. The number of furan rings is 1. The number of rotatable bonds is 7. The lowest BCUT2D eigenvalue weighted by Gasteiger charge is -2.35. The summed E-state index contributed by atoms with van der Waals surface area (Å²) in [6.07, 6.45) is 1.50. The van der Waals surface area contributed by atoms with Crippen molar-refractivity contribution in [3.63, 3.8) is 0 Å². The molecule has 2 aliphatic heterocycles. The zero-order chi connectivity index (χ0) is 18.4. The van der Waals surface area contributed by atoms with Crippen LogP contribution in [0.2, 0.25) is 0 Å². The van der Waals surface area contributed by atoms with Crippen molar-refractivity contribution >= 4 is 23.6 Å². The first-order valence-corrected chi connectivity index (χ1v) is 10.1. The van der Waals surface area contributed by atoms with Crippen LogP contribution in [0, 0.1) is 0 Å². The van der Waals surface area contributed by atoms with Crippen LogP contribution in [0.3, 0.4) is 0 Å². The molecule has 3 heterocycles. The van der Waals surface area contributed by atoms with Gasteiger partial charge in [-0.1, -0.05) is 0 Å². The number of carbonyl (C=O) groups is 2. The van der Waals surface area contributed by atoms with Gasteiger partial charge in [0.2, 0.25) is 5.91 Å². The Morgan fingerprint density at radius 3 is 2.88 bits per heavy atom. The molecule has 8 heteroatoms. The van der Waals surface area contributed by atoms with Gasteiger partial charge < -0.3 is 18.8 Å². The maximum atomic E-state index is 12.4. The highest BCUT2D eigenvalue weighted by Crippen LogP contribution is 2.38. The molecule has 2 aliphatic rings. The molecule has 0 saturated carbocycles. The summed E-state index contributed by atoms with van der Waals surface area (Å²) in [5, 5.41) is -0.105. The quantitative estimate of drug-likeness (QED) is 0.668. The molecule has 0 N–H and O–H groups in total. The predicted octanol–water partition coefficient (Wildman–Crippen LogP) is 2.03. The second-order valence-corrected chi connectivity index (χ2v) is 7.64. The first-order valence-electron chi connectivity index (χ1n) is 9.06. The summed E-state index contributed by atoms with van der Waals surface area (Å²) in [5.74, 6) is 1.98. The Bertz CT molecular complexity index is 614. The minimum absolute atomic E-state index is 0.105. The third kappa shape index (κ3) is 5.25. The Labute approximate surface area is 158 Å². The summed E-state index contributed by atoms with van der Waals surface area (Å²) in [7, 11) is 0. The van der Waals surface area contributed by atoms with E-state index in [1.54, 1.807) is 11.8 Å². The number of ether oxygens (including phenoxy) is 2. The maximum absolute atomic E-state index is 12.4. The van der Waals surface area contributed by atoms with Crippen LogP contribution < -0.4 is 0 Å². The molecule has 3 rings (SSSR count). The molecular weight excluding hydrogens is 356 g/mol. The number of morpholine rings is 1. The standard InChI is InChI=1S/C18H26N2O5S/c1-14(21)24-13-15-3-4-16(25-15)18-20(17(22)5-12-26-18)7-2-6-19-8-10-23-11-9-19/h3-4,18H,2,5-13H2,1H3. The molecule has 1 unspecified atom stereocenters. The van der Waals surface area contributed by atoms with E-state index >= 15 is 0 Å². The number of nitrogens with zero attached hydrogens (tertiary/aromatic N) is 2. The van der Waals surface area contributed by atoms with Crippen LogP contribution in [-0.2, 0) is 25.7 Å². The van der Waals surface area contributed by atoms with Gasteiger partial charge in [0.1, 0.15) is 23.5 Å². The van der Waals surface area contributed by atoms with Gasteiger partial charge in [0.25, 0.3) is 0 Å². The highest BCUT2D eigenvalue weighted by Gasteiger charge is 2.31. The van der Waals surface area contributed by atoms with Crippen LogP contribution in [0.1, 0.15) is 36.7 Å². The van der Waals surface area contributed by atoms with Gasteiger partial charge in [-0.2, -0.15) is 0 Å². The lowest BCUT2D eigenvalue weighted by atomic mass is 10.2. The summed E-state index contributed by atoms with van der Waals surface area (Å²) >= 11 is 1.72. The number of amides is 1. The van der Waals surface area contributed by atoms with Crippen LogP contribution in [0.4, 0.5) is 0 Å². The number of hydrogen-bond acceptors (Lipinski definition) is 7. The first-order chi connectivity index (χ1) is 12.6. The van der Waals surface area contributed by atoms with Crippen LogP contribution in [-0.4, -0.2) is 66.8 Å². The third-order valence-electron chi connectivity index (χ3n) is 4.52. The van der Waals surface area contributed by atoms with Crippen LogP contribution >= 0.6 is 11.8 Å². The van der Waals surface area contributed by atoms with Crippen LogP contribution in [0.15, 0.2) is 16.5 Å². The molecule has 1 aromatic heterocycles. The molecule has 7 nitrogen and oxygen atoms in total. The van der Waals surface area contributed by atoms with Gasteiger partial charge in [-0.3, -0.25) is 14.5 Å². The van der Waals surface area contributed by atoms with Gasteiger partial charge in [-0.05, 0) is 18.6 Å². The van der Waals surface area contributed by atoms with Crippen molar-refractivity contribution in [1.82, 2.24) is 9.80 Å². The second-order valence-electron chi connectivity index (χ2n) is 6.45. The van der Waals surface area contributed by atoms with E-state index in [1.807, 2.05) is 17.0 Å². The maximum Gasteiger partial charge on any atom is 0.303 e. The lowest BCUT2D eigenvalue weighted by molar-refractivity contribution is -0.142. The summed E-state index contributed by atoms with van der Waals surface area (Å²) < 4.78 is 16.2. The van der Waals surface area contributed by atoms with Crippen molar-refractivity contribution in [2.45, 2.75) is 31.7 Å². The van der Waals surface area contributed by atoms with E-state index in [9.17, 15) is 9.59 Å². The number of esters is 1. The zero-order valence-corrected chi connectivity index (χ0v) is 16.0. The van der Waals surface area contributed by atoms with Gasteiger partial charge >= 0.3 is 5.97 Å². The first kappa shape index (κ1) is 19.3. The Hall–Kier alpha value is -1.51. The molecule has 1 aromatic rings. The average Bonchev–Trinajstić information content (AvgIpc) is 3.11. The molecule has 0 spiro atoms. The fraction of sp³-hybridized carbons (Fsp3) is 0.667. The number of thioether (sulfide) groups is 1. The Morgan fingerprint density at radius 2 is 2.12 bits per heavy atom. The normalized spacial score (nSPS) is 21.8. The fourth-order valence-electron chi connectivity index (χ4n) is 3.17. The van der Waals surface area contributed by atoms with Gasteiger partial charge in [0.05, 0.1) is 13.2 Å². The SMILES string of the molecule is CC(=O)OCc1ccc(C2SCCC(=O)N2CCCN2CCOCC2)o1. The molecule has 0 bridgehead atoms. The van der Waals surface area contributed by atoms with Crippen molar-refractivity contribution < 1.29 is 23.5 Å². The Balaban J connectivity index is 1.57. The lowest BCUT2D eigenvalue weighted by Crippen LogP contribution is -2.41. The Morgan fingerprint density at radius 1 is 1.31 bits per heavy atom. The molecule has 2 saturated heterocycles. The van der Waals surface area contributed by atoms with Crippen LogP contribution in [0.5, 0.6) is 0 Å². The van der Waals surface area contributed by atoms with E-state index in [-0.39, 0.29) is 23.9 Å². The highest BCUT2D eigenvalue weighted by atomic mass is 32.2. The second kappa shape index (κ2) is 9.43. The van der Waals surface area contributed by atoms with E-state index < -0.39 is 0 Å². The van der Waals surface area contributed by atoms with Crippen molar-refractivity contribution in [3.8, 4) is 0 Å². The largest absolute Gasteiger partial charge is 0.459 e. The minimum Gasteiger partial charge on any atom is -0.459 e. The molecule has 144 valence electrons. The molecule has 1 amide bonds. The van der Waals surface area contributed by atoms with E-state index in [1.165, 1.54) is 6.92 Å². The average molecular weight is 382 g/mol. The van der Waals surface area contributed by atoms with Gasteiger partial charge in [0.15, 0.2) is 0 Å². The third-order valence-corrected chi connectivity index (χ3v) is 5.76. The Kier molecular flexibility index (Phi) is 6.99. The molecule has 2 fully saturated rings. The van der Waals surface area contributed by atoms with E-state index in [2.05, 4.69) is 4.90 Å². The molecule has 1 atom stereocenters. The topological polar surface area (TPSA) is 72.2 Å². The molecular formula is C18H26N2O5S. The minimum atomic E-state index is -0.338. The summed E-state index contributed by atoms with van der Waals surface area (Å²) in [4.78, 5) is 27.7. The molecule has 0 aliphatic carbocycles. The summed E-state index contributed by atoms with van der Waals surface area (Å²) in [6.45, 7) is 6.69. The summed E-state index contributed by atoms with van der Waals surface area (Å²) in [6, 6.07) is 3.69. The number of hydrogen-bond donors (Lipinski definition) is 0. The molecule has 26 heavy (non-hydrogen) atoms. The van der Waals surface area contributed by atoms with E-state index in [0.717, 1.165) is 50.8 Å². The van der Waals surface area contributed by atoms with Gasteiger partial charge in [-0.25, -0.2) is 0 Å². The van der Waals surface area contributed by atoms with Gasteiger partial charge in [-0.15, -0.1) is 11.8 Å². The highest BCUT2D eigenvalue weighted by molar-refractivity contribution is 7.99. The number of carbonyl (C=O) groups excluding carboxylic acids is 2. The molecule has 0 radical (unpaired) electrons. The zero-order valence-electron chi connectivity index (χ0n) is 15.1. The van der Waals surface area contributed by atoms with Crippen molar-refractivity contribution in [1.29, 1.82) is 0 Å². The van der Waals surface area contributed by atoms with Crippen molar-refractivity contribution in [2.75, 3.05) is 45.1 Å². The van der Waals surface area contributed by atoms with Gasteiger partial charge in [0, 0.05) is 45.3 Å². The van der Waals surface area contributed by atoms with Crippen molar-refractivity contribution in [2.24, 2.45) is 0 Å².